The van der Waals surface area contributed by atoms with Crippen LogP contribution in [0.15, 0.2) is 42.6 Å². The molecule has 36 heavy (non-hydrogen) atoms. The molecule has 11 heteroatoms. The molecule has 4 heterocycles. The van der Waals surface area contributed by atoms with E-state index < -0.39 is 11.9 Å². The Balaban J connectivity index is 1.32. The number of hydrogen-bond acceptors (Lipinski definition) is 5. The summed E-state index contributed by atoms with van der Waals surface area (Å²) in [7, 11) is 0. The number of piperazine rings is 1. The number of aromatic nitrogens is 2. The highest BCUT2D eigenvalue weighted by molar-refractivity contribution is 6.30. The van der Waals surface area contributed by atoms with Crippen LogP contribution in [0.25, 0.3) is 10.9 Å². The van der Waals surface area contributed by atoms with E-state index in [0.29, 0.717) is 49.0 Å². The van der Waals surface area contributed by atoms with Crippen molar-refractivity contribution in [2.75, 3.05) is 37.6 Å². The summed E-state index contributed by atoms with van der Waals surface area (Å²) < 4.78 is 0. The Bertz CT molecular complexity index is 1360. The van der Waals surface area contributed by atoms with Crippen LogP contribution < -0.4 is 10.2 Å². The first kappa shape index (κ1) is 23.8. The van der Waals surface area contributed by atoms with Gasteiger partial charge in [-0.1, -0.05) is 29.8 Å². The van der Waals surface area contributed by atoms with Gasteiger partial charge in [-0.2, -0.15) is 0 Å². The van der Waals surface area contributed by atoms with E-state index in [1.165, 1.54) is 11.8 Å². The van der Waals surface area contributed by atoms with Gasteiger partial charge >= 0.3 is 0 Å². The molecule has 1 saturated heterocycles. The summed E-state index contributed by atoms with van der Waals surface area (Å²) in [5.41, 5.74) is 2.47. The molecule has 5 rings (SSSR count). The first-order chi connectivity index (χ1) is 17.3. The summed E-state index contributed by atoms with van der Waals surface area (Å²) >= 11 is 5.94. The van der Waals surface area contributed by atoms with Gasteiger partial charge in [-0.15, -0.1) is 0 Å². The standard InChI is InChI=1S/C25H25ClN6O4/c1-15(33)30-6-8-31(9-7-30)23(34)14-32-21-5-3-2-4-16(21)10-19(25(32)36)29-24(35)18-11-17-12-22(26)27-13-20(17)28-18/h2-5,11-13,19,28H,6-10,14H2,1H3,(H,29,35). The van der Waals surface area contributed by atoms with Gasteiger partial charge in [0.2, 0.25) is 17.7 Å². The van der Waals surface area contributed by atoms with Crippen molar-refractivity contribution in [1.82, 2.24) is 25.1 Å². The quantitative estimate of drug-likeness (QED) is 0.519. The summed E-state index contributed by atoms with van der Waals surface area (Å²) in [4.78, 5) is 63.0. The number of rotatable bonds is 4. The molecule has 186 valence electrons. The zero-order chi connectivity index (χ0) is 25.4. The number of pyridine rings is 1. The molecule has 2 aliphatic rings. The number of hydrogen-bond donors (Lipinski definition) is 2. The maximum absolute atomic E-state index is 13.5. The van der Waals surface area contributed by atoms with Crippen LogP contribution in [0, 0.1) is 0 Å². The summed E-state index contributed by atoms with van der Waals surface area (Å²) in [6, 6.07) is 9.85. The molecule has 1 atom stereocenters. The molecule has 0 saturated carbocycles. The third-order valence-electron chi connectivity index (χ3n) is 6.66. The third kappa shape index (κ3) is 4.64. The molecule has 4 amide bonds. The molecule has 2 N–H and O–H groups in total. The Morgan fingerprint density at radius 2 is 1.83 bits per heavy atom. The normalized spacial score (nSPS) is 17.8. The van der Waals surface area contributed by atoms with Crippen molar-refractivity contribution >= 4 is 51.8 Å². The number of halogens is 1. The van der Waals surface area contributed by atoms with Crippen LogP contribution in [0.2, 0.25) is 5.15 Å². The lowest BCUT2D eigenvalue weighted by Crippen LogP contribution is -2.57. The van der Waals surface area contributed by atoms with E-state index in [-0.39, 0.29) is 30.0 Å². The van der Waals surface area contributed by atoms with Gasteiger partial charge in [0, 0.05) is 50.6 Å². The summed E-state index contributed by atoms with van der Waals surface area (Å²) in [5.74, 6) is -1.01. The Morgan fingerprint density at radius 1 is 1.11 bits per heavy atom. The predicted octanol–water partition coefficient (Wildman–Crippen LogP) is 1.59. The second-order valence-corrected chi connectivity index (χ2v) is 9.33. The summed E-state index contributed by atoms with van der Waals surface area (Å²) in [6.45, 7) is 3.14. The highest BCUT2D eigenvalue weighted by Crippen LogP contribution is 2.28. The average Bonchev–Trinajstić information content (AvgIpc) is 3.30. The number of carbonyl (C=O) groups excluding carboxylic acids is 4. The molecule has 10 nitrogen and oxygen atoms in total. The molecule has 1 unspecified atom stereocenters. The number of aromatic amines is 1. The van der Waals surface area contributed by atoms with Gasteiger partial charge in [0.15, 0.2) is 0 Å². The smallest absolute Gasteiger partial charge is 0.268 e. The topological polar surface area (TPSA) is 119 Å². The second kappa shape index (κ2) is 9.62. The Hall–Kier alpha value is -3.92. The minimum atomic E-state index is -0.831. The van der Waals surface area contributed by atoms with Crippen molar-refractivity contribution in [3.05, 3.63) is 59.0 Å². The number of amides is 4. The lowest BCUT2D eigenvalue weighted by Gasteiger charge is -2.37. The van der Waals surface area contributed by atoms with Crippen LogP contribution in [0.3, 0.4) is 0 Å². The van der Waals surface area contributed by atoms with E-state index in [0.717, 1.165) is 10.9 Å². The molecule has 3 aromatic rings. The lowest BCUT2D eigenvalue weighted by atomic mass is 9.96. The van der Waals surface area contributed by atoms with Crippen molar-refractivity contribution in [3.63, 3.8) is 0 Å². The average molecular weight is 509 g/mol. The first-order valence-corrected chi connectivity index (χ1v) is 12.1. The Labute approximate surface area is 212 Å². The molecular weight excluding hydrogens is 484 g/mol. The number of nitrogens with zero attached hydrogens (tertiary/aromatic N) is 4. The predicted molar refractivity (Wildman–Crippen MR) is 134 cm³/mol. The molecule has 0 spiro atoms. The van der Waals surface area contributed by atoms with Crippen molar-refractivity contribution in [2.24, 2.45) is 0 Å². The molecule has 0 radical (unpaired) electrons. The Morgan fingerprint density at radius 3 is 2.58 bits per heavy atom. The van der Waals surface area contributed by atoms with Gasteiger partial charge in [0.05, 0.1) is 11.7 Å². The zero-order valence-corrected chi connectivity index (χ0v) is 20.4. The molecule has 2 aromatic heterocycles. The fraction of sp³-hybridized carbons (Fsp3) is 0.320. The van der Waals surface area contributed by atoms with Gasteiger partial charge in [-0.25, -0.2) is 4.98 Å². The minimum absolute atomic E-state index is 0.0184. The van der Waals surface area contributed by atoms with Crippen molar-refractivity contribution in [2.45, 2.75) is 19.4 Å². The second-order valence-electron chi connectivity index (χ2n) is 8.95. The molecule has 1 aromatic carbocycles. The van der Waals surface area contributed by atoms with E-state index in [4.69, 9.17) is 11.6 Å². The van der Waals surface area contributed by atoms with Crippen LogP contribution >= 0.6 is 11.6 Å². The number of anilines is 1. The zero-order valence-electron chi connectivity index (χ0n) is 19.7. The largest absolute Gasteiger partial charge is 0.349 e. The van der Waals surface area contributed by atoms with Gasteiger partial charge in [-0.05, 0) is 23.8 Å². The fourth-order valence-corrected chi connectivity index (χ4v) is 4.87. The number of benzene rings is 1. The summed E-state index contributed by atoms with van der Waals surface area (Å²) in [5, 5.41) is 3.87. The monoisotopic (exact) mass is 508 g/mol. The van der Waals surface area contributed by atoms with Crippen LogP contribution in [-0.4, -0.2) is 82.2 Å². The fourth-order valence-electron chi connectivity index (χ4n) is 4.71. The van der Waals surface area contributed by atoms with Crippen molar-refractivity contribution in [1.29, 1.82) is 0 Å². The van der Waals surface area contributed by atoms with Gasteiger partial charge < -0.3 is 25.0 Å². The number of H-pyrrole nitrogens is 1. The molecule has 0 bridgehead atoms. The maximum Gasteiger partial charge on any atom is 0.268 e. The van der Waals surface area contributed by atoms with E-state index in [1.807, 2.05) is 18.2 Å². The van der Waals surface area contributed by atoms with Crippen LogP contribution in [0.5, 0.6) is 0 Å². The molecule has 2 aliphatic heterocycles. The highest BCUT2D eigenvalue weighted by atomic mass is 35.5. The Kier molecular flexibility index (Phi) is 6.36. The number of para-hydroxylation sites is 1. The van der Waals surface area contributed by atoms with Crippen molar-refractivity contribution < 1.29 is 19.2 Å². The van der Waals surface area contributed by atoms with Gasteiger partial charge in [0.25, 0.3) is 5.91 Å². The van der Waals surface area contributed by atoms with E-state index in [1.54, 1.807) is 34.2 Å². The van der Waals surface area contributed by atoms with E-state index in [2.05, 4.69) is 15.3 Å². The minimum Gasteiger partial charge on any atom is -0.349 e. The van der Waals surface area contributed by atoms with Gasteiger partial charge in [0.1, 0.15) is 23.4 Å². The first-order valence-electron chi connectivity index (χ1n) is 11.7. The van der Waals surface area contributed by atoms with Gasteiger partial charge in [-0.3, -0.25) is 19.2 Å². The van der Waals surface area contributed by atoms with Crippen LogP contribution in [0.4, 0.5) is 5.69 Å². The van der Waals surface area contributed by atoms with Crippen LogP contribution in [0.1, 0.15) is 23.0 Å². The van der Waals surface area contributed by atoms with Crippen molar-refractivity contribution in [3.8, 4) is 0 Å². The third-order valence-corrected chi connectivity index (χ3v) is 6.87. The number of carbonyl (C=O) groups is 4. The number of fused-ring (bicyclic) bond motifs is 2. The van der Waals surface area contributed by atoms with E-state index in [9.17, 15) is 19.2 Å². The summed E-state index contributed by atoms with van der Waals surface area (Å²) in [6.07, 6.45) is 1.86. The van der Waals surface area contributed by atoms with Crippen LogP contribution in [-0.2, 0) is 20.8 Å². The number of nitrogens with one attached hydrogen (secondary N) is 2. The molecule has 1 fully saturated rings. The highest BCUT2D eigenvalue weighted by Gasteiger charge is 2.36. The maximum atomic E-state index is 13.5. The SMILES string of the molecule is CC(=O)N1CCN(C(=O)CN2C(=O)C(NC(=O)c3cc4cc(Cl)ncc4[nH]3)Cc3ccccc32)CC1. The van der Waals surface area contributed by atoms with E-state index >= 15 is 0 Å². The molecular formula is C25H25ClN6O4. The molecule has 0 aliphatic carbocycles. The lowest BCUT2D eigenvalue weighted by molar-refractivity contribution is -0.138.